The van der Waals surface area contributed by atoms with Gasteiger partial charge in [-0.15, -0.1) is 22.7 Å². The molecule has 0 bridgehead atoms. The van der Waals surface area contributed by atoms with Gasteiger partial charge in [0.1, 0.15) is 5.01 Å². The molecule has 2 aromatic heterocycles. The first-order chi connectivity index (χ1) is 9.11. The molecular formula is C14H13ClN2S2. The Morgan fingerprint density at radius 2 is 2.11 bits per heavy atom. The number of aromatic nitrogens is 2. The molecule has 3 aromatic rings. The van der Waals surface area contributed by atoms with Crippen molar-refractivity contribution >= 4 is 44.5 Å². The van der Waals surface area contributed by atoms with E-state index in [2.05, 4.69) is 23.8 Å². The summed E-state index contributed by atoms with van der Waals surface area (Å²) in [6, 6.07) is 5.81. The second-order valence-electron chi connectivity index (χ2n) is 4.85. The molecule has 0 fully saturated rings. The van der Waals surface area contributed by atoms with E-state index in [1.165, 1.54) is 5.01 Å². The molecule has 2 nitrogen and oxygen atoms in total. The summed E-state index contributed by atoms with van der Waals surface area (Å²) in [5.41, 5.74) is 1.00. The molecule has 0 aliphatic carbocycles. The molecule has 0 radical (unpaired) electrons. The van der Waals surface area contributed by atoms with Crippen LogP contribution in [0.3, 0.4) is 0 Å². The number of nitrogens with zero attached hydrogens (tertiary/aromatic N) is 2. The number of benzene rings is 1. The van der Waals surface area contributed by atoms with Crippen LogP contribution in [0.4, 0.5) is 0 Å². The topological polar surface area (TPSA) is 25.8 Å². The predicted molar refractivity (Wildman–Crippen MR) is 84.3 cm³/mol. The van der Waals surface area contributed by atoms with Crippen LogP contribution in [-0.2, 0) is 6.42 Å². The Morgan fingerprint density at radius 3 is 2.89 bits per heavy atom. The zero-order valence-electron chi connectivity index (χ0n) is 10.7. The minimum atomic E-state index is 0.633. The maximum atomic E-state index is 6.00. The van der Waals surface area contributed by atoms with Crippen LogP contribution in [0.5, 0.6) is 0 Å². The molecule has 0 saturated heterocycles. The van der Waals surface area contributed by atoms with Gasteiger partial charge in [-0.1, -0.05) is 25.4 Å². The second-order valence-corrected chi connectivity index (χ2v) is 7.43. The van der Waals surface area contributed by atoms with Crippen LogP contribution in [0, 0.1) is 5.92 Å². The molecule has 0 atom stereocenters. The van der Waals surface area contributed by atoms with Gasteiger partial charge in [0.15, 0.2) is 0 Å². The molecule has 0 spiro atoms. The monoisotopic (exact) mass is 308 g/mol. The minimum absolute atomic E-state index is 0.633. The summed E-state index contributed by atoms with van der Waals surface area (Å²) in [5.74, 6) is 0.633. The quantitative estimate of drug-likeness (QED) is 0.658. The highest BCUT2D eigenvalue weighted by molar-refractivity contribution is 7.25. The molecule has 2 heterocycles. The van der Waals surface area contributed by atoms with Crippen molar-refractivity contribution in [2.24, 2.45) is 5.92 Å². The van der Waals surface area contributed by atoms with E-state index in [4.69, 9.17) is 11.6 Å². The summed E-state index contributed by atoms with van der Waals surface area (Å²) in [6.45, 7) is 4.42. The fourth-order valence-electron chi connectivity index (χ4n) is 1.86. The third kappa shape index (κ3) is 2.81. The molecule has 19 heavy (non-hydrogen) atoms. The standard InChI is InChI=1S/C14H13ClN2S2/c1-8(2)5-13-16-7-12(18-13)14-17-10-4-3-9(15)6-11(10)19-14/h3-4,6-8H,5H2,1-2H3. The molecule has 0 saturated carbocycles. The lowest BCUT2D eigenvalue weighted by atomic mass is 10.1. The Balaban J connectivity index is 1.97. The van der Waals surface area contributed by atoms with Crippen molar-refractivity contribution in [3.63, 3.8) is 0 Å². The first-order valence-electron chi connectivity index (χ1n) is 6.13. The van der Waals surface area contributed by atoms with E-state index in [1.54, 1.807) is 22.7 Å². The summed E-state index contributed by atoms with van der Waals surface area (Å²) < 4.78 is 1.13. The number of fused-ring (bicyclic) bond motifs is 1. The van der Waals surface area contributed by atoms with Gasteiger partial charge in [0.25, 0.3) is 0 Å². The van der Waals surface area contributed by atoms with E-state index in [9.17, 15) is 0 Å². The van der Waals surface area contributed by atoms with E-state index < -0.39 is 0 Å². The van der Waals surface area contributed by atoms with Gasteiger partial charge in [-0.2, -0.15) is 0 Å². The van der Waals surface area contributed by atoms with E-state index in [-0.39, 0.29) is 0 Å². The molecule has 0 N–H and O–H groups in total. The lowest BCUT2D eigenvalue weighted by Crippen LogP contribution is -1.91. The van der Waals surface area contributed by atoms with Crippen molar-refractivity contribution in [2.45, 2.75) is 20.3 Å². The van der Waals surface area contributed by atoms with Crippen LogP contribution in [0.15, 0.2) is 24.4 Å². The SMILES string of the molecule is CC(C)Cc1ncc(-c2nc3ccc(Cl)cc3s2)s1. The van der Waals surface area contributed by atoms with E-state index in [0.717, 1.165) is 31.5 Å². The molecule has 3 rings (SSSR count). The van der Waals surface area contributed by atoms with Gasteiger partial charge in [0.05, 0.1) is 20.1 Å². The van der Waals surface area contributed by atoms with Gasteiger partial charge < -0.3 is 0 Å². The number of hydrogen-bond acceptors (Lipinski definition) is 4. The Labute approximate surface area is 125 Å². The molecule has 1 aromatic carbocycles. The Hall–Kier alpha value is -0.970. The van der Waals surface area contributed by atoms with Gasteiger partial charge in [-0.3, -0.25) is 0 Å². The van der Waals surface area contributed by atoms with Crippen molar-refractivity contribution in [3.8, 4) is 9.88 Å². The maximum Gasteiger partial charge on any atom is 0.136 e. The zero-order valence-corrected chi connectivity index (χ0v) is 13.1. The largest absolute Gasteiger partial charge is 0.249 e. The van der Waals surface area contributed by atoms with Crippen LogP contribution in [0.25, 0.3) is 20.1 Å². The summed E-state index contributed by atoms with van der Waals surface area (Å²) in [4.78, 5) is 10.3. The van der Waals surface area contributed by atoms with Gasteiger partial charge >= 0.3 is 0 Å². The van der Waals surface area contributed by atoms with Crippen LogP contribution < -0.4 is 0 Å². The van der Waals surface area contributed by atoms with Crippen LogP contribution >= 0.6 is 34.3 Å². The fraction of sp³-hybridized carbons (Fsp3) is 0.286. The summed E-state index contributed by atoms with van der Waals surface area (Å²) >= 11 is 9.41. The van der Waals surface area contributed by atoms with E-state index in [0.29, 0.717) is 5.92 Å². The lowest BCUT2D eigenvalue weighted by molar-refractivity contribution is 0.644. The van der Waals surface area contributed by atoms with Gasteiger partial charge in [-0.25, -0.2) is 9.97 Å². The third-order valence-corrected chi connectivity index (χ3v) is 5.14. The summed E-state index contributed by atoms with van der Waals surface area (Å²) in [5, 5.41) is 2.97. The van der Waals surface area contributed by atoms with Crippen molar-refractivity contribution in [2.75, 3.05) is 0 Å². The number of hydrogen-bond donors (Lipinski definition) is 0. The van der Waals surface area contributed by atoms with Gasteiger partial charge in [-0.05, 0) is 24.1 Å². The second kappa shape index (κ2) is 5.19. The average Bonchev–Trinajstić information content (AvgIpc) is 2.93. The minimum Gasteiger partial charge on any atom is -0.249 e. The Kier molecular flexibility index (Phi) is 3.56. The van der Waals surface area contributed by atoms with Crippen molar-refractivity contribution in [1.29, 1.82) is 0 Å². The summed E-state index contributed by atoms with van der Waals surface area (Å²) in [7, 11) is 0. The van der Waals surface area contributed by atoms with E-state index in [1.807, 2.05) is 24.4 Å². The highest BCUT2D eigenvalue weighted by Gasteiger charge is 2.11. The highest BCUT2D eigenvalue weighted by atomic mass is 35.5. The molecule has 0 aliphatic heterocycles. The number of halogens is 1. The number of rotatable bonds is 3. The lowest BCUT2D eigenvalue weighted by Gasteiger charge is -1.97. The Morgan fingerprint density at radius 1 is 1.26 bits per heavy atom. The molecular weight excluding hydrogens is 296 g/mol. The smallest absolute Gasteiger partial charge is 0.136 e. The first kappa shape index (κ1) is 13.0. The predicted octanol–water partition coefficient (Wildman–Crippen LogP) is 5.27. The van der Waals surface area contributed by atoms with Gasteiger partial charge in [0, 0.05) is 17.6 Å². The average molecular weight is 309 g/mol. The van der Waals surface area contributed by atoms with Crippen LogP contribution in [0.2, 0.25) is 5.02 Å². The summed E-state index contributed by atoms with van der Waals surface area (Å²) in [6.07, 6.45) is 2.96. The molecule has 0 amide bonds. The highest BCUT2D eigenvalue weighted by Crippen LogP contribution is 2.34. The third-order valence-electron chi connectivity index (χ3n) is 2.70. The molecule has 5 heteroatoms. The molecule has 0 aliphatic rings. The normalized spacial score (nSPS) is 11.6. The van der Waals surface area contributed by atoms with E-state index >= 15 is 0 Å². The van der Waals surface area contributed by atoms with Crippen molar-refractivity contribution in [1.82, 2.24) is 9.97 Å². The number of thiazole rings is 2. The maximum absolute atomic E-state index is 6.00. The van der Waals surface area contributed by atoms with Crippen LogP contribution in [0.1, 0.15) is 18.9 Å². The van der Waals surface area contributed by atoms with Gasteiger partial charge in [0.2, 0.25) is 0 Å². The molecule has 0 unspecified atom stereocenters. The fourth-order valence-corrected chi connectivity index (χ4v) is 4.27. The van der Waals surface area contributed by atoms with Crippen LogP contribution in [-0.4, -0.2) is 9.97 Å². The Bertz CT molecular complexity index is 715. The molecule has 98 valence electrons. The first-order valence-corrected chi connectivity index (χ1v) is 8.14. The van der Waals surface area contributed by atoms with Crippen molar-refractivity contribution < 1.29 is 0 Å². The zero-order chi connectivity index (χ0) is 13.4. The van der Waals surface area contributed by atoms with Crippen molar-refractivity contribution in [3.05, 3.63) is 34.4 Å².